The van der Waals surface area contributed by atoms with Gasteiger partial charge in [0, 0.05) is 50.9 Å². The third-order valence-corrected chi connectivity index (χ3v) is 6.29. The fourth-order valence-corrected chi connectivity index (χ4v) is 4.36. The maximum absolute atomic E-state index is 12.2. The summed E-state index contributed by atoms with van der Waals surface area (Å²) in [5.74, 6) is 5.20. The lowest BCUT2D eigenvalue weighted by Gasteiger charge is -2.16. The van der Waals surface area contributed by atoms with Gasteiger partial charge in [0.15, 0.2) is 5.69 Å². The first-order valence-electron chi connectivity index (χ1n) is 11.0. The normalized spacial score (nSPS) is 22.3. The summed E-state index contributed by atoms with van der Waals surface area (Å²) >= 11 is 0. The van der Waals surface area contributed by atoms with Gasteiger partial charge in [-0.25, -0.2) is 9.67 Å². The number of β-amino-alcohol motifs (C(OH)–C–C–N with tert-alkyl or cyclic N) is 1. The number of benzene rings is 1. The predicted molar refractivity (Wildman–Crippen MR) is 124 cm³/mol. The molecule has 2 amide bonds. The van der Waals surface area contributed by atoms with Crippen molar-refractivity contribution in [3.8, 4) is 17.5 Å². The maximum Gasteiger partial charge on any atom is 0.269 e. The van der Waals surface area contributed by atoms with Crippen LogP contribution < -0.4 is 10.6 Å². The highest BCUT2D eigenvalue weighted by Crippen LogP contribution is 2.27. The van der Waals surface area contributed by atoms with Crippen LogP contribution in [0.4, 0.5) is 5.82 Å². The van der Waals surface area contributed by atoms with Gasteiger partial charge >= 0.3 is 0 Å². The van der Waals surface area contributed by atoms with Crippen molar-refractivity contribution in [2.24, 2.45) is 5.73 Å². The van der Waals surface area contributed by atoms with E-state index in [9.17, 15) is 19.8 Å². The number of hydrogen-bond donors (Lipinski definition) is 3. The lowest BCUT2D eigenvalue weighted by molar-refractivity contribution is -0.137. The molecule has 0 saturated carbocycles. The molecular weight excluding hydrogens is 436 g/mol. The molecule has 0 bridgehead atoms. The summed E-state index contributed by atoms with van der Waals surface area (Å²) in [7, 11) is 1.63. The Morgan fingerprint density at radius 2 is 2.12 bits per heavy atom. The minimum atomic E-state index is -1.69. The van der Waals surface area contributed by atoms with Crippen LogP contribution in [0.2, 0.25) is 0 Å². The molecule has 0 radical (unpaired) electrons. The van der Waals surface area contributed by atoms with Crippen LogP contribution >= 0.6 is 0 Å². The molecule has 0 unspecified atom stereocenters. The zero-order chi connectivity index (χ0) is 24.0. The molecule has 10 heteroatoms. The number of primary amides is 1. The quantitative estimate of drug-likeness (QED) is 0.469. The molecule has 2 aliphatic heterocycles. The second-order valence-electron chi connectivity index (χ2n) is 8.71. The molecule has 10 nitrogen and oxygen atoms in total. The number of likely N-dealkylation sites (tertiary alicyclic amines) is 1. The number of anilines is 1. The summed E-state index contributed by atoms with van der Waals surface area (Å²) in [6.45, 7) is 1.61. The Morgan fingerprint density at radius 1 is 1.29 bits per heavy atom. The Hall–Kier alpha value is -3.94. The van der Waals surface area contributed by atoms with E-state index in [2.05, 4.69) is 21.9 Å². The van der Waals surface area contributed by atoms with Crippen LogP contribution in [0, 0.1) is 11.8 Å². The van der Waals surface area contributed by atoms with Crippen molar-refractivity contribution in [1.29, 1.82) is 0 Å². The van der Waals surface area contributed by atoms with E-state index < -0.39 is 23.5 Å². The summed E-state index contributed by atoms with van der Waals surface area (Å²) in [5.41, 5.74) is 5.81. The Balaban J connectivity index is 1.56. The lowest BCUT2D eigenvalue weighted by Crippen LogP contribution is -2.37. The number of aliphatic hydroxyl groups excluding tert-OH is 1. The van der Waals surface area contributed by atoms with Gasteiger partial charge in [-0.05, 0) is 24.6 Å². The van der Waals surface area contributed by atoms with Crippen molar-refractivity contribution in [2.75, 3.05) is 31.6 Å². The van der Waals surface area contributed by atoms with Crippen LogP contribution in [-0.2, 0) is 4.79 Å². The van der Waals surface area contributed by atoms with Crippen molar-refractivity contribution < 1.29 is 19.8 Å². The number of nitrogens with zero attached hydrogens (tertiary/aromatic N) is 5. The van der Waals surface area contributed by atoms with E-state index in [0.29, 0.717) is 54.0 Å². The number of nitrogens with two attached hydrogens (primary N) is 1. The number of carbonyl (C=O) groups is 2. The van der Waals surface area contributed by atoms with Crippen molar-refractivity contribution >= 4 is 28.5 Å². The molecule has 0 aliphatic carbocycles. The minimum absolute atomic E-state index is 0.0981. The fourth-order valence-electron chi connectivity index (χ4n) is 4.36. The number of aromatic nitrogens is 3. The monoisotopic (exact) mass is 460 g/mol. The molecule has 2 aliphatic rings. The highest BCUT2D eigenvalue weighted by molar-refractivity contribution is 6.04. The molecule has 4 N–H and O–H groups in total. The SMILES string of the molecule is CN1CC[C@@](O)(C#Cc2cccc(-n3nc(C(N)=O)c4cnc(N5CC[C@@H](O)C5)cc43)c2)C1=O. The van der Waals surface area contributed by atoms with Gasteiger partial charge in [0.05, 0.1) is 22.7 Å². The number of aliphatic hydroxyl groups is 2. The van der Waals surface area contributed by atoms with Gasteiger partial charge in [-0.15, -0.1) is 0 Å². The second-order valence-corrected chi connectivity index (χ2v) is 8.71. The highest BCUT2D eigenvalue weighted by atomic mass is 16.3. The standard InChI is InChI=1S/C24H24N6O4/c1-28-10-8-24(34,23(28)33)7-5-15-3-2-4-16(11-15)30-19-12-20(29-9-6-17(31)14-29)26-13-18(19)21(27-30)22(25)32/h2-4,11-13,17,31,34H,6,8-10,14H2,1H3,(H2,25,32)/t17-,24+/m1/s1. The van der Waals surface area contributed by atoms with Gasteiger partial charge in [-0.2, -0.15) is 5.10 Å². The van der Waals surface area contributed by atoms with Gasteiger partial charge in [0.2, 0.25) is 5.60 Å². The average Bonchev–Trinajstić information content (AvgIpc) is 3.50. The molecule has 34 heavy (non-hydrogen) atoms. The molecule has 2 saturated heterocycles. The van der Waals surface area contributed by atoms with E-state index in [4.69, 9.17) is 5.73 Å². The molecule has 1 aromatic carbocycles. The van der Waals surface area contributed by atoms with Gasteiger partial charge in [-0.1, -0.05) is 17.9 Å². The van der Waals surface area contributed by atoms with Crippen LogP contribution in [0.3, 0.4) is 0 Å². The van der Waals surface area contributed by atoms with Crippen LogP contribution in [0.25, 0.3) is 16.6 Å². The highest BCUT2D eigenvalue weighted by Gasteiger charge is 2.42. The van der Waals surface area contributed by atoms with Crippen LogP contribution in [-0.4, -0.2) is 80.1 Å². The molecular formula is C24H24N6O4. The van der Waals surface area contributed by atoms with E-state index in [0.717, 1.165) is 0 Å². The first-order chi connectivity index (χ1) is 16.2. The van der Waals surface area contributed by atoms with Crippen molar-refractivity contribution in [3.63, 3.8) is 0 Å². The van der Waals surface area contributed by atoms with Crippen LogP contribution in [0.1, 0.15) is 28.9 Å². The molecule has 2 atom stereocenters. The zero-order valence-corrected chi connectivity index (χ0v) is 18.6. The first kappa shape index (κ1) is 21.9. The lowest BCUT2D eigenvalue weighted by atomic mass is 10.0. The number of pyridine rings is 1. The largest absolute Gasteiger partial charge is 0.391 e. The van der Waals surface area contributed by atoms with E-state index in [1.54, 1.807) is 36.1 Å². The number of rotatable bonds is 3. The van der Waals surface area contributed by atoms with E-state index >= 15 is 0 Å². The first-order valence-corrected chi connectivity index (χ1v) is 11.0. The number of hydrogen-bond acceptors (Lipinski definition) is 7. The summed E-state index contributed by atoms with van der Waals surface area (Å²) in [5, 5.41) is 25.4. The topological polar surface area (TPSA) is 138 Å². The van der Waals surface area contributed by atoms with E-state index in [-0.39, 0.29) is 12.1 Å². The van der Waals surface area contributed by atoms with Crippen molar-refractivity contribution in [1.82, 2.24) is 19.7 Å². The molecule has 174 valence electrons. The summed E-state index contributed by atoms with van der Waals surface area (Å²) in [6, 6.07) is 8.94. The van der Waals surface area contributed by atoms with Gasteiger partial charge in [0.1, 0.15) is 5.82 Å². The maximum atomic E-state index is 12.2. The molecule has 0 spiro atoms. The molecule has 5 rings (SSSR count). The van der Waals surface area contributed by atoms with Crippen molar-refractivity contribution in [2.45, 2.75) is 24.5 Å². The summed E-state index contributed by atoms with van der Waals surface area (Å²) in [6.07, 6.45) is 2.08. The minimum Gasteiger partial charge on any atom is -0.391 e. The molecule has 4 heterocycles. The zero-order valence-electron chi connectivity index (χ0n) is 18.6. The Bertz CT molecular complexity index is 1370. The smallest absolute Gasteiger partial charge is 0.269 e. The Labute approximate surface area is 195 Å². The number of amides is 2. The molecule has 2 fully saturated rings. The number of fused-ring (bicyclic) bond motifs is 1. The van der Waals surface area contributed by atoms with E-state index in [1.165, 1.54) is 4.90 Å². The Kier molecular flexibility index (Phi) is 5.23. The van der Waals surface area contributed by atoms with Crippen molar-refractivity contribution in [3.05, 3.63) is 47.8 Å². The summed E-state index contributed by atoms with van der Waals surface area (Å²) < 4.78 is 1.60. The van der Waals surface area contributed by atoms with Crippen LogP contribution in [0.5, 0.6) is 0 Å². The molecule has 3 aromatic rings. The molecule has 2 aromatic heterocycles. The second kappa shape index (κ2) is 8.13. The predicted octanol–water partition coefficient (Wildman–Crippen LogP) is 0.0351. The number of likely N-dealkylation sites (N-methyl/N-ethyl adjacent to an activating group) is 1. The third-order valence-electron chi connectivity index (χ3n) is 6.29. The average molecular weight is 460 g/mol. The van der Waals surface area contributed by atoms with E-state index in [1.807, 2.05) is 17.0 Å². The van der Waals surface area contributed by atoms with Gasteiger partial charge < -0.3 is 25.7 Å². The van der Waals surface area contributed by atoms with Gasteiger partial charge in [-0.3, -0.25) is 9.59 Å². The van der Waals surface area contributed by atoms with Crippen LogP contribution in [0.15, 0.2) is 36.5 Å². The van der Waals surface area contributed by atoms with Gasteiger partial charge in [0.25, 0.3) is 11.8 Å². The third kappa shape index (κ3) is 3.75. The number of carbonyl (C=O) groups excluding carboxylic acids is 2. The fraction of sp³-hybridized carbons (Fsp3) is 0.333. The Morgan fingerprint density at radius 3 is 2.79 bits per heavy atom. The summed E-state index contributed by atoms with van der Waals surface area (Å²) in [4.78, 5) is 32.1.